The molecule has 14 heavy (non-hydrogen) atoms. The van der Waals surface area contributed by atoms with E-state index < -0.39 is 0 Å². The summed E-state index contributed by atoms with van der Waals surface area (Å²) in [4.78, 5) is 4.43. The van der Waals surface area contributed by atoms with E-state index in [1.54, 1.807) is 0 Å². The van der Waals surface area contributed by atoms with Crippen molar-refractivity contribution in [1.29, 1.82) is 0 Å². The molecule has 1 saturated carbocycles. The maximum Gasteiger partial charge on any atom is 0.138 e. The largest absolute Gasteiger partial charge is 0.383 e. The lowest BCUT2D eigenvalue weighted by Crippen LogP contribution is -2.07. The number of nitrogens with two attached hydrogens (primary N) is 1. The fraction of sp³-hybridized carbons (Fsp3) is 0.545. The molecule has 2 N–H and O–H groups in total. The molecule has 0 saturated heterocycles. The van der Waals surface area contributed by atoms with E-state index in [4.69, 9.17) is 5.73 Å². The normalized spacial score (nSPS) is 18.4. The van der Waals surface area contributed by atoms with Crippen molar-refractivity contribution in [2.24, 2.45) is 0 Å². The van der Waals surface area contributed by atoms with Gasteiger partial charge in [0.2, 0.25) is 0 Å². The molecule has 1 aromatic rings. The number of rotatable bonds is 1. The van der Waals surface area contributed by atoms with Crippen LogP contribution in [0.2, 0.25) is 0 Å². The van der Waals surface area contributed by atoms with Crippen LogP contribution in [0.5, 0.6) is 0 Å². The first kappa shape index (κ1) is 9.97. The highest BCUT2D eigenvalue weighted by Crippen LogP contribution is 2.32. The third-order valence-electron chi connectivity index (χ3n) is 2.92. The summed E-state index contributed by atoms with van der Waals surface area (Å²) >= 11 is 3.37. The van der Waals surface area contributed by atoms with Gasteiger partial charge in [0, 0.05) is 11.6 Å². The lowest BCUT2D eigenvalue weighted by atomic mass is 9.87. The molecule has 0 amide bonds. The van der Waals surface area contributed by atoms with Crippen LogP contribution in [0, 0.1) is 0 Å². The molecule has 76 valence electrons. The Labute approximate surface area is 93.0 Å². The molecule has 3 heteroatoms. The summed E-state index contributed by atoms with van der Waals surface area (Å²) < 4.78 is 0.900. The van der Waals surface area contributed by atoms with Crippen LogP contribution in [0.3, 0.4) is 0 Å². The predicted octanol–water partition coefficient (Wildman–Crippen LogP) is 3.47. The maximum atomic E-state index is 5.77. The third-order valence-corrected chi connectivity index (χ3v) is 3.59. The molecule has 1 aliphatic rings. The van der Waals surface area contributed by atoms with E-state index in [1.807, 2.05) is 6.07 Å². The Morgan fingerprint density at radius 3 is 2.57 bits per heavy atom. The Morgan fingerprint density at radius 1 is 1.21 bits per heavy atom. The number of hydrogen-bond donors (Lipinski definition) is 1. The highest BCUT2D eigenvalue weighted by Gasteiger charge is 2.17. The molecule has 1 aliphatic carbocycles. The van der Waals surface area contributed by atoms with Gasteiger partial charge in [-0.2, -0.15) is 0 Å². The SMILES string of the molecule is Nc1nc(C2CCCCC2)ccc1Br. The number of halogens is 1. The number of nitrogen functional groups attached to an aromatic ring is 1. The monoisotopic (exact) mass is 254 g/mol. The zero-order valence-corrected chi connectivity index (χ0v) is 9.76. The van der Waals surface area contributed by atoms with Crippen LogP contribution in [-0.4, -0.2) is 4.98 Å². The van der Waals surface area contributed by atoms with Gasteiger partial charge in [-0.15, -0.1) is 0 Å². The minimum Gasteiger partial charge on any atom is -0.383 e. The molecule has 1 heterocycles. The smallest absolute Gasteiger partial charge is 0.138 e. The quantitative estimate of drug-likeness (QED) is 0.834. The zero-order chi connectivity index (χ0) is 9.97. The van der Waals surface area contributed by atoms with Crippen molar-refractivity contribution in [3.05, 3.63) is 22.3 Å². The summed E-state index contributed by atoms with van der Waals surface area (Å²) in [7, 11) is 0. The topological polar surface area (TPSA) is 38.9 Å². The van der Waals surface area contributed by atoms with Gasteiger partial charge in [-0.3, -0.25) is 0 Å². The highest BCUT2D eigenvalue weighted by atomic mass is 79.9. The summed E-state index contributed by atoms with van der Waals surface area (Å²) in [5, 5.41) is 0. The van der Waals surface area contributed by atoms with E-state index in [0.717, 1.165) is 4.47 Å². The minimum absolute atomic E-state index is 0.619. The van der Waals surface area contributed by atoms with Crippen molar-refractivity contribution in [3.63, 3.8) is 0 Å². The highest BCUT2D eigenvalue weighted by molar-refractivity contribution is 9.10. The van der Waals surface area contributed by atoms with Crippen molar-refractivity contribution in [3.8, 4) is 0 Å². The van der Waals surface area contributed by atoms with Gasteiger partial charge in [0.15, 0.2) is 0 Å². The second kappa shape index (κ2) is 4.30. The molecular formula is C11H15BrN2. The summed E-state index contributed by atoms with van der Waals surface area (Å²) in [5.41, 5.74) is 6.94. The average molecular weight is 255 g/mol. The molecule has 0 radical (unpaired) electrons. The van der Waals surface area contributed by atoms with Crippen LogP contribution >= 0.6 is 15.9 Å². The fourth-order valence-electron chi connectivity index (χ4n) is 2.10. The average Bonchev–Trinajstić information content (AvgIpc) is 2.23. The van der Waals surface area contributed by atoms with E-state index in [9.17, 15) is 0 Å². The zero-order valence-electron chi connectivity index (χ0n) is 8.17. The Bertz CT molecular complexity index is 319. The lowest BCUT2D eigenvalue weighted by Gasteiger charge is -2.21. The van der Waals surface area contributed by atoms with E-state index in [2.05, 4.69) is 27.0 Å². The maximum absolute atomic E-state index is 5.77. The van der Waals surface area contributed by atoms with Crippen LogP contribution in [0.4, 0.5) is 5.82 Å². The molecule has 1 fully saturated rings. The third kappa shape index (κ3) is 2.08. The van der Waals surface area contributed by atoms with Crippen molar-refractivity contribution in [2.45, 2.75) is 38.0 Å². The van der Waals surface area contributed by atoms with Gasteiger partial charge in [-0.05, 0) is 40.9 Å². The van der Waals surface area contributed by atoms with E-state index in [1.165, 1.54) is 37.8 Å². The Kier molecular flexibility index (Phi) is 3.06. The van der Waals surface area contributed by atoms with Crippen molar-refractivity contribution in [1.82, 2.24) is 4.98 Å². The molecule has 0 spiro atoms. The number of nitrogens with zero attached hydrogens (tertiary/aromatic N) is 1. The van der Waals surface area contributed by atoms with Crippen LogP contribution in [0.25, 0.3) is 0 Å². The van der Waals surface area contributed by atoms with Gasteiger partial charge in [-0.1, -0.05) is 19.3 Å². The number of aromatic nitrogens is 1. The standard InChI is InChI=1S/C11H15BrN2/c12-9-6-7-10(14-11(9)13)8-4-2-1-3-5-8/h6-8H,1-5H2,(H2,13,14). The van der Waals surface area contributed by atoms with Gasteiger partial charge in [0.25, 0.3) is 0 Å². The van der Waals surface area contributed by atoms with E-state index >= 15 is 0 Å². The summed E-state index contributed by atoms with van der Waals surface area (Å²) in [6, 6.07) is 4.10. The minimum atomic E-state index is 0.619. The van der Waals surface area contributed by atoms with Crippen molar-refractivity contribution >= 4 is 21.7 Å². The van der Waals surface area contributed by atoms with Crippen LogP contribution in [0.1, 0.15) is 43.7 Å². The molecule has 0 aliphatic heterocycles. The van der Waals surface area contributed by atoms with E-state index in [-0.39, 0.29) is 0 Å². The molecule has 0 unspecified atom stereocenters. The second-order valence-electron chi connectivity index (χ2n) is 3.94. The molecular weight excluding hydrogens is 240 g/mol. The van der Waals surface area contributed by atoms with Gasteiger partial charge < -0.3 is 5.73 Å². The van der Waals surface area contributed by atoms with Crippen molar-refractivity contribution in [2.75, 3.05) is 5.73 Å². The number of anilines is 1. The van der Waals surface area contributed by atoms with Gasteiger partial charge in [0.1, 0.15) is 5.82 Å². The van der Waals surface area contributed by atoms with Crippen LogP contribution in [0.15, 0.2) is 16.6 Å². The Balaban J connectivity index is 2.18. The first-order chi connectivity index (χ1) is 6.77. The van der Waals surface area contributed by atoms with E-state index in [0.29, 0.717) is 11.7 Å². The molecule has 0 bridgehead atoms. The van der Waals surface area contributed by atoms with Crippen molar-refractivity contribution < 1.29 is 0 Å². The molecule has 2 rings (SSSR count). The second-order valence-corrected chi connectivity index (χ2v) is 4.79. The fourth-order valence-corrected chi connectivity index (χ4v) is 2.32. The summed E-state index contributed by atoms with van der Waals surface area (Å²) in [5.74, 6) is 1.26. The molecule has 2 nitrogen and oxygen atoms in total. The summed E-state index contributed by atoms with van der Waals surface area (Å²) in [6.07, 6.45) is 6.59. The predicted molar refractivity (Wildman–Crippen MR) is 62.2 cm³/mol. The molecule has 0 aromatic carbocycles. The first-order valence-corrected chi connectivity index (χ1v) is 5.98. The first-order valence-electron chi connectivity index (χ1n) is 5.19. The van der Waals surface area contributed by atoms with Crippen LogP contribution in [-0.2, 0) is 0 Å². The van der Waals surface area contributed by atoms with Gasteiger partial charge >= 0.3 is 0 Å². The van der Waals surface area contributed by atoms with Gasteiger partial charge in [0.05, 0.1) is 4.47 Å². The number of pyridine rings is 1. The Morgan fingerprint density at radius 2 is 1.93 bits per heavy atom. The number of hydrogen-bond acceptors (Lipinski definition) is 2. The van der Waals surface area contributed by atoms with Crippen LogP contribution < -0.4 is 5.73 Å². The van der Waals surface area contributed by atoms with Gasteiger partial charge in [-0.25, -0.2) is 4.98 Å². The summed E-state index contributed by atoms with van der Waals surface area (Å²) in [6.45, 7) is 0. The molecule has 1 aromatic heterocycles. The lowest BCUT2D eigenvalue weighted by molar-refractivity contribution is 0.437. The Hall–Kier alpha value is -0.570. The molecule has 0 atom stereocenters.